The molecule has 0 aliphatic rings. The molecule has 0 aliphatic heterocycles. The van der Waals surface area contributed by atoms with Crippen LogP contribution in [0.5, 0.6) is 0 Å². The molecule has 1 unspecified atom stereocenters. The smallest absolute Gasteiger partial charge is 0.326 e. The van der Waals surface area contributed by atoms with Gasteiger partial charge in [0.25, 0.3) is 5.91 Å². The van der Waals surface area contributed by atoms with Crippen molar-refractivity contribution < 1.29 is 28.6 Å². The molecule has 43 heavy (non-hydrogen) atoms. The second kappa shape index (κ2) is 13.9. The van der Waals surface area contributed by atoms with E-state index in [0.29, 0.717) is 48.0 Å². The molecule has 9 N–H and O–H groups in total. The molecule has 0 saturated carbocycles. The van der Waals surface area contributed by atoms with E-state index in [-0.39, 0.29) is 28.9 Å². The van der Waals surface area contributed by atoms with Crippen molar-refractivity contribution in [1.29, 1.82) is 0 Å². The summed E-state index contributed by atoms with van der Waals surface area (Å²) in [4.78, 5) is 41.9. The van der Waals surface area contributed by atoms with E-state index in [4.69, 9.17) is 11.5 Å². The summed E-state index contributed by atoms with van der Waals surface area (Å²) < 4.78 is 23.7. The lowest BCUT2D eigenvalue weighted by Crippen LogP contribution is -2.43. The Bertz CT molecular complexity index is 1620. The van der Waals surface area contributed by atoms with Gasteiger partial charge < -0.3 is 27.2 Å². The summed E-state index contributed by atoms with van der Waals surface area (Å²) >= 11 is 0. The Labute approximate surface area is 249 Å². The number of anilines is 1. The third-order valence-electron chi connectivity index (χ3n) is 6.60. The van der Waals surface area contributed by atoms with E-state index in [1.807, 2.05) is 0 Å². The van der Waals surface area contributed by atoms with Crippen LogP contribution in [0.4, 0.5) is 5.69 Å². The molecule has 4 rings (SSSR count). The van der Waals surface area contributed by atoms with Crippen molar-refractivity contribution in [2.24, 2.45) is 16.5 Å². The SMILES string of the molecule is NC(N)=NCCCCC(=O)Nc1ccc(CC(NC(=O)c2cc3ccccc3n2S(O)(O)c2ccccc2)C(=O)O)cc1. The van der Waals surface area contributed by atoms with E-state index in [1.165, 1.54) is 6.07 Å². The van der Waals surface area contributed by atoms with Crippen LogP contribution in [0.2, 0.25) is 0 Å². The van der Waals surface area contributed by atoms with Gasteiger partial charge in [0.1, 0.15) is 11.7 Å². The van der Waals surface area contributed by atoms with Crippen molar-refractivity contribution in [2.75, 3.05) is 11.9 Å². The van der Waals surface area contributed by atoms with Gasteiger partial charge in [0, 0.05) is 30.5 Å². The van der Waals surface area contributed by atoms with Gasteiger partial charge in [-0.1, -0.05) is 59.3 Å². The molecule has 3 aromatic carbocycles. The highest BCUT2D eigenvalue weighted by atomic mass is 32.3. The number of amides is 2. The van der Waals surface area contributed by atoms with Gasteiger partial charge >= 0.3 is 5.97 Å². The van der Waals surface area contributed by atoms with Crippen molar-refractivity contribution in [3.63, 3.8) is 0 Å². The number of aromatic nitrogens is 1. The Morgan fingerprint density at radius 2 is 1.58 bits per heavy atom. The first-order valence-corrected chi connectivity index (χ1v) is 15.0. The number of benzene rings is 3. The number of carboxylic acids is 1. The standard InChI is InChI=1S/C30H34N6O6S/c31-30(32)33-17-7-6-12-27(37)34-22-15-13-20(14-16-22)18-24(29(39)40)35-28(38)26-19-21-8-4-5-11-25(21)36(26)43(41,42)23-9-2-1-3-10-23/h1-5,8-11,13-16,19,24,41-42H,6-7,12,17-18H2,(H,34,37)(H,35,38)(H,39,40)(H4,31,32,33). The van der Waals surface area contributed by atoms with Gasteiger partial charge in [-0.15, -0.1) is 0 Å². The summed E-state index contributed by atoms with van der Waals surface area (Å²) in [6.07, 6.45) is 1.52. The van der Waals surface area contributed by atoms with E-state index in [1.54, 1.807) is 78.9 Å². The number of carbonyl (C=O) groups is 3. The van der Waals surface area contributed by atoms with Gasteiger partial charge in [0.2, 0.25) is 5.91 Å². The van der Waals surface area contributed by atoms with E-state index < -0.39 is 28.7 Å². The number of para-hydroxylation sites is 1. The molecule has 2 amide bonds. The Morgan fingerprint density at radius 3 is 2.26 bits per heavy atom. The maximum absolute atomic E-state index is 13.5. The van der Waals surface area contributed by atoms with Gasteiger partial charge in [0.15, 0.2) is 5.96 Å². The molecular weight excluding hydrogens is 572 g/mol. The zero-order valence-corrected chi connectivity index (χ0v) is 24.0. The van der Waals surface area contributed by atoms with E-state index in [0.717, 1.165) is 3.97 Å². The van der Waals surface area contributed by atoms with Crippen LogP contribution < -0.4 is 22.1 Å². The zero-order chi connectivity index (χ0) is 31.0. The average molecular weight is 607 g/mol. The second-order valence-corrected chi connectivity index (χ2v) is 11.7. The van der Waals surface area contributed by atoms with Gasteiger partial charge in [-0.2, -0.15) is 0 Å². The van der Waals surface area contributed by atoms with Crippen molar-refractivity contribution >= 4 is 51.1 Å². The number of aliphatic imine (C=N–C) groups is 1. The lowest BCUT2D eigenvalue weighted by Gasteiger charge is -2.35. The second-order valence-electron chi connectivity index (χ2n) is 9.79. The summed E-state index contributed by atoms with van der Waals surface area (Å²) in [5.74, 6) is -2.20. The minimum absolute atomic E-state index is 0.0128. The number of unbranched alkanes of at least 4 members (excludes halogenated alkanes) is 1. The number of nitrogens with two attached hydrogens (primary N) is 2. The predicted molar refractivity (Wildman–Crippen MR) is 167 cm³/mol. The minimum Gasteiger partial charge on any atom is -0.480 e. The summed E-state index contributed by atoms with van der Waals surface area (Å²) in [6.45, 7) is 0.447. The Morgan fingerprint density at radius 1 is 0.907 bits per heavy atom. The molecule has 12 nitrogen and oxygen atoms in total. The Kier molecular flexibility index (Phi) is 10.0. The maximum atomic E-state index is 13.5. The summed E-state index contributed by atoms with van der Waals surface area (Å²) in [5, 5.41) is 15.8. The van der Waals surface area contributed by atoms with Crippen molar-refractivity contribution in [1.82, 2.24) is 9.29 Å². The minimum atomic E-state index is -3.68. The zero-order valence-electron chi connectivity index (χ0n) is 23.2. The molecule has 1 aromatic heterocycles. The lowest BCUT2D eigenvalue weighted by atomic mass is 10.1. The van der Waals surface area contributed by atoms with Crippen molar-refractivity contribution in [3.05, 3.63) is 96.2 Å². The van der Waals surface area contributed by atoms with Crippen LogP contribution in [0.1, 0.15) is 35.3 Å². The number of rotatable bonds is 13. The fourth-order valence-electron chi connectivity index (χ4n) is 4.49. The lowest BCUT2D eigenvalue weighted by molar-refractivity contribution is -0.139. The topological polar surface area (TPSA) is 205 Å². The number of fused-ring (bicyclic) bond motifs is 1. The highest BCUT2D eigenvalue weighted by molar-refractivity contribution is 8.23. The van der Waals surface area contributed by atoms with Crippen LogP contribution in [0.25, 0.3) is 10.9 Å². The van der Waals surface area contributed by atoms with Crippen molar-refractivity contribution in [3.8, 4) is 0 Å². The van der Waals surface area contributed by atoms with Crippen LogP contribution in [0, 0.1) is 0 Å². The quantitative estimate of drug-likeness (QED) is 0.0670. The molecule has 1 atom stereocenters. The maximum Gasteiger partial charge on any atom is 0.326 e. The first-order chi connectivity index (χ1) is 20.6. The third kappa shape index (κ3) is 7.92. The molecule has 226 valence electrons. The molecule has 0 fully saturated rings. The highest BCUT2D eigenvalue weighted by Crippen LogP contribution is 2.52. The molecule has 4 aromatic rings. The molecule has 0 saturated heterocycles. The summed E-state index contributed by atoms with van der Waals surface area (Å²) in [7, 11) is -3.68. The van der Waals surface area contributed by atoms with E-state index in [9.17, 15) is 28.6 Å². The number of nitrogens with one attached hydrogen (secondary N) is 2. The Hall–Kier alpha value is -4.85. The molecule has 1 heterocycles. The summed E-state index contributed by atoms with van der Waals surface area (Å²) in [5.41, 5.74) is 12.0. The third-order valence-corrected chi connectivity index (χ3v) is 8.41. The van der Waals surface area contributed by atoms with Crippen LogP contribution in [-0.4, -0.2) is 54.5 Å². The number of carboxylic acid groups (broad SMARTS) is 1. The van der Waals surface area contributed by atoms with Crippen molar-refractivity contribution in [2.45, 2.75) is 36.6 Å². The number of guanidine groups is 1. The number of aliphatic carboxylic acids is 1. The largest absolute Gasteiger partial charge is 0.480 e. The van der Waals surface area contributed by atoms with Gasteiger partial charge in [0.05, 0.1) is 10.4 Å². The first kappa shape index (κ1) is 31.1. The highest BCUT2D eigenvalue weighted by Gasteiger charge is 2.29. The molecular formula is C30H34N6O6S. The van der Waals surface area contributed by atoms with Crippen LogP contribution >= 0.6 is 10.8 Å². The monoisotopic (exact) mass is 606 g/mol. The molecule has 0 bridgehead atoms. The van der Waals surface area contributed by atoms with E-state index in [2.05, 4.69) is 15.6 Å². The first-order valence-electron chi connectivity index (χ1n) is 13.5. The van der Waals surface area contributed by atoms with E-state index >= 15 is 0 Å². The van der Waals surface area contributed by atoms with Crippen LogP contribution in [0.3, 0.4) is 0 Å². The molecule has 0 aliphatic carbocycles. The predicted octanol–water partition coefficient (Wildman–Crippen LogP) is 4.02. The van der Waals surface area contributed by atoms with Gasteiger partial charge in [-0.25, -0.2) is 8.77 Å². The molecule has 0 spiro atoms. The number of carbonyl (C=O) groups excluding carboxylic acids is 2. The van der Waals surface area contributed by atoms with Crippen LogP contribution in [0.15, 0.2) is 94.8 Å². The molecule has 13 heteroatoms. The number of hydrogen-bond donors (Lipinski definition) is 7. The number of hydrogen-bond acceptors (Lipinski definition) is 6. The molecule has 0 radical (unpaired) electrons. The fourth-order valence-corrected chi connectivity index (χ4v) is 6.08. The summed E-state index contributed by atoms with van der Waals surface area (Å²) in [6, 6.07) is 21.8. The fraction of sp³-hybridized carbons (Fsp3) is 0.200. The average Bonchev–Trinajstić information content (AvgIpc) is 3.39. The van der Waals surface area contributed by atoms with Crippen LogP contribution in [-0.2, 0) is 16.0 Å². The number of nitrogens with zero attached hydrogens (tertiary/aromatic N) is 2. The van der Waals surface area contributed by atoms with Gasteiger partial charge in [-0.3, -0.25) is 23.7 Å². The normalized spacial score (nSPS) is 12.3. The van der Waals surface area contributed by atoms with Gasteiger partial charge in [-0.05, 0) is 54.8 Å². The Balaban J connectivity index is 1.46.